The number of anilines is 1. The summed E-state index contributed by atoms with van der Waals surface area (Å²) in [5.74, 6) is 0. The Morgan fingerprint density at radius 2 is 1.94 bits per heavy atom. The van der Waals surface area contributed by atoms with E-state index in [-0.39, 0.29) is 0 Å². The molecule has 1 aliphatic rings. The van der Waals surface area contributed by atoms with Crippen LogP contribution in [0.2, 0.25) is 0 Å². The minimum Gasteiger partial charge on any atom is -0.257 e. The fourth-order valence-corrected chi connectivity index (χ4v) is 3.12. The SMILES string of the molecule is CN(C)S(=O)(=O)N1CCCc2ccccc21. The Bertz CT molecular complexity index is 483. The van der Waals surface area contributed by atoms with Crippen molar-refractivity contribution in [3.05, 3.63) is 29.8 Å². The molecule has 2 rings (SSSR count). The number of hydrogen-bond acceptors (Lipinski definition) is 2. The van der Waals surface area contributed by atoms with Crippen LogP contribution in [0.1, 0.15) is 12.0 Å². The number of nitrogens with zero attached hydrogens (tertiary/aromatic N) is 2. The van der Waals surface area contributed by atoms with Crippen molar-refractivity contribution in [3.8, 4) is 0 Å². The van der Waals surface area contributed by atoms with Gasteiger partial charge in [-0.2, -0.15) is 12.7 Å². The Labute approximate surface area is 96.7 Å². The molecule has 1 aliphatic heterocycles. The van der Waals surface area contributed by atoms with Gasteiger partial charge in [-0.3, -0.25) is 4.31 Å². The van der Waals surface area contributed by atoms with Gasteiger partial charge in [-0.15, -0.1) is 0 Å². The van der Waals surface area contributed by atoms with E-state index in [0.29, 0.717) is 6.54 Å². The van der Waals surface area contributed by atoms with Gasteiger partial charge in [-0.05, 0) is 24.5 Å². The summed E-state index contributed by atoms with van der Waals surface area (Å²) in [6.45, 7) is 0.567. The Balaban J connectivity index is 2.47. The molecule has 0 amide bonds. The highest BCUT2D eigenvalue weighted by Crippen LogP contribution is 2.29. The van der Waals surface area contributed by atoms with Crippen molar-refractivity contribution in [3.63, 3.8) is 0 Å². The second-order valence-corrected chi connectivity index (χ2v) is 6.16. The molecule has 0 fully saturated rings. The van der Waals surface area contributed by atoms with Crippen molar-refractivity contribution in [1.82, 2.24) is 4.31 Å². The van der Waals surface area contributed by atoms with E-state index >= 15 is 0 Å². The van der Waals surface area contributed by atoms with Gasteiger partial charge in [0.2, 0.25) is 0 Å². The summed E-state index contributed by atoms with van der Waals surface area (Å²) in [7, 11) is -0.223. The van der Waals surface area contributed by atoms with Gasteiger partial charge in [0.25, 0.3) is 0 Å². The number of para-hydroxylation sites is 1. The first kappa shape index (κ1) is 11.4. The standard InChI is InChI=1S/C11H16N2O2S/c1-12(2)16(14,15)13-9-5-7-10-6-3-4-8-11(10)13/h3-4,6,8H,5,7,9H2,1-2H3. The fraction of sp³-hybridized carbons (Fsp3) is 0.455. The molecule has 0 bridgehead atoms. The molecule has 0 unspecified atom stereocenters. The molecule has 0 aromatic heterocycles. The molecule has 0 radical (unpaired) electrons. The number of aryl methyl sites for hydroxylation is 1. The molecule has 0 saturated carbocycles. The minimum atomic E-state index is -3.35. The first-order valence-electron chi connectivity index (χ1n) is 5.31. The third-order valence-corrected chi connectivity index (χ3v) is 4.67. The molecule has 1 aromatic carbocycles. The molecule has 88 valence electrons. The predicted molar refractivity (Wildman–Crippen MR) is 64.7 cm³/mol. The molecule has 4 nitrogen and oxygen atoms in total. The second-order valence-electron chi connectivity index (χ2n) is 4.09. The Morgan fingerprint density at radius 1 is 1.25 bits per heavy atom. The Kier molecular flexibility index (Phi) is 2.90. The lowest BCUT2D eigenvalue weighted by Gasteiger charge is -2.32. The largest absolute Gasteiger partial charge is 0.303 e. The van der Waals surface area contributed by atoms with E-state index in [1.165, 1.54) is 8.61 Å². The number of rotatable bonds is 2. The molecule has 1 aromatic rings. The van der Waals surface area contributed by atoms with E-state index in [0.717, 1.165) is 24.1 Å². The van der Waals surface area contributed by atoms with E-state index < -0.39 is 10.2 Å². The summed E-state index contributed by atoms with van der Waals surface area (Å²) in [5.41, 5.74) is 1.93. The average Bonchev–Trinajstić information content (AvgIpc) is 2.28. The number of fused-ring (bicyclic) bond motifs is 1. The van der Waals surface area contributed by atoms with Crippen LogP contribution < -0.4 is 4.31 Å². The lowest BCUT2D eigenvalue weighted by Crippen LogP contribution is -2.42. The third-order valence-electron chi connectivity index (χ3n) is 2.81. The molecule has 0 aliphatic carbocycles. The van der Waals surface area contributed by atoms with Crippen LogP contribution in [0, 0.1) is 0 Å². The van der Waals surface area contributed by atoms with Crippen molar-refractivity contribution < 1.29 is 8.42 Å². The van der Waals surface area contributed by atoms with Crippen LogP contribution >= 0.6 is 0 Å². The average molecular weight is 240 g/mol. The molecule has 16 heavy (non-hydrogen) atoms. The highest BCUT2D eigenvalue weighted by Gasteiger charge is 2.28. The highest BCUT2D eigenvalue weighted by atomic mass is 32.2. The quantitative estimate of drug-likeness (QED) is 0.780. The van der Waals surface area contributed by atoms with Gasteiger partial charge < -0.3 is 0 Å². The smallest absolute Gasteiger partial charge is 0.257 e. The topological polar surface area (TPSA) is 40.6 Å². The highest BCUT2D eigenvalue weighted by molar-refractivity contribution is 7.90. The summed E-state index contributed by atoms with van der Waals surface area (Å²) in [4.78, 5) is 0. The van der Waals surface area contributed by atoms with Gasteiger partial charge in [0.15, 0.2) is 0 Å². The lowest BCUT2D eigenvalue weighted by molar-refractivity contribution is 0.512. The summed E-state index contributed by atoms with van der Waals surface area (Å²) < 4.78 is 27.0. The molecule has 0 N–H and O–H groups in total. The summed E-state index contributed by atoms with van der Waals surface area (Å²) >= 11 is 0. The van der Waals surface area contributed by atoms with Crippen LogP contribution in [-0.4, -0.2) is 33.4 Å². The molecule has 5 heteroatoms. The summed E-state index contributed by atoms with van der Waals surface area (Å²) in [5, 5.41) is 0. The first-order valence-corrected chi connectivity index (χ1v) is 6.71. The maximum absolute atomic E-state index is 12.1. The monoisotopic (exact) mass is 240 g/mol. The zero-order valence-corrected chi connectivity index (χ0v) is 10.4. The van der Waals surface area contributed by atoms with Crippen molar-refractivity contribution in [2.75, 3.05) is 24.9 Å². The molecule has 1 heterocycles. The predicted octanol–water partition coefficient (Wildman–Crippen LogP) is 1.25. The van der Waals surface area contributed by atoms with Crippen LogP contribution in [0.5, 0.6) is 0 Å². The third kappa shape index (κ3) is 1.81. The number of hydrogen-bond donors (Lipinski definition) is 0. The van der Waals surface area contributed by atoms with Crippen molar-refractivity contribution >= 4 is 15.9 Å². The van der Waals surface area contributed by atoms with E-state index in [9.17, 15) is 8.42 Å². The fourth-order valence-electron chi connectivity index (χ4n) is 1.94. The number of benzene rings is 1. The first-order chi connectivity index (χ1) is 7.53. The molecule has 0 spiro atoms. The van der Waals surface area contributed by atoms with E-state index in [4.69, 9.17) is 0 Å². The van der Waals surface area contributed by atoms with E-state index in [1.54, 1.807) is 14.1 Å². The van der Waals surface area contributed by atoms with E-state index in [1.807, 2.05) is 24.3 Å². The van der Waals surface area contributed by atoms with Gasteiger partial charge in [0.1, 0.15) is 0 Å². The van der Waals surface area contributed by atoms with Crippen LogP contribution in [0.4, 0.5) is 5.69 Å². The lowest BCUT2D eigenvalue weighted by atomic mass is 10.0. The minimum absolute atomic E-state index is 0.567. The van der Waals surface area contributed by atoms with Gasteiger partial charge in [0, 0.05) is 20.6 Å². The zero-order valence-electron chi connectivity index (χ0n) is 9.55. The van der Waals surface area contributed by atoms with Crippen LogP contribution in [-0.2, 0) is 16.6 Å². The Morgan fingerprint density at radius 3 is 2.62 bits per heavy atom. The van der Waals surface area contributed by atoms with Gasteiger partial charge in [0.05, 0.1) is 5.69 Å². The summed E-state index contributed by atoms with van der Waals surface area (Å²) in [6.07, 6.45) is 1.83. The van der Waals surface area contributed by atoms with Crippen molar-refractivity contribution in [2.45, 2.75) is 12.8 Å². The van der Waals surface area contributed by atoms with Gasteiger partial charge >= 0.3 is 10.2 Å². The van der Waals surface area contributed by atoms with Gasteiger partial charge in [-0.25, -0.2) is 0 Å². The van der Waals surface area contributed by atoms with Crippen LogP contribution in [0.3, 0.4) is 0 Å². The Hall–Kier alpha value is -1.07. The second kappa shape index (κ2) is 4.07. The normalized spacial score (nSPS) is 16.3. The molecule has 0 atom stereocenters. The molecule has 0 saturated heterocycles. The van der Waals surface area contributed by atoms with Crippen molar-refractivity contribution in [2.24, 2.45) is 0 Å². The maximum Gasteiger partial charge on any atom is 0.303 e. The maximum atomic E-state index is 12.1. The molecular formula is C11H16N2O2S. The zero-order chi connectivity index (χ0) is 11.8. The van der Waals surface area contributed by atoms with Crippen LogP contribution in [0.15, 0.2) is 24.3 Å². The molecular weight excluding hydrogens is 224 g/mol. The summed E-state index contributed by atoms with van der Waals surface area (Å²) in [6, 6.07) is 7.69. The van der Waals surface area contributed by atoms with Crippen molar-refractivity contribution in [1.29, 1.82) is 0 Å². The van der Waals surface area contributed by atoms with Crippen LogP contribution in [0.25, 0.3) is 0 Å². The van der Waals surface area contributed by atoms with E-state index in [2.05, 4.69) is 0 Å². The van der Waals surface area contributed by atoms with Gasteiger partial charge in [-0.1, -0.05) is 18.2 Å².